The van der Waals surface area contributed by atoms with E-state index in [9.17, 15) is 4.79 Å². The molecule has 1 fully saturated rings. The molecule has 1 atom stereocenters. The molecule has 0 bridgehead atoms. The normalized spacial score (nSPS) is 22.7. The number of carbonyl (C=O) groups excluding carboxylic acids is 1. The second-order valence-corrected chi connectivity index (χ2v) is 7.92. The Morgan fingerprint density at radius 2 is 2.42 bits per heavy atom. The van der Waals surface area contributed by atoms with Crippen molar-refractivity contribution in [3.63, 3.8) is 0 Å². The lowest BCUT2D eigenvalue weighted by molar-refractivity contribution is 0.0940. The largest absolute Gasteiger partial charge is 0.349 e. The van der Waals surface area contributed by atoms with Gasteiger partial charge in [0, 0.05) is 28.5 Å². The Morgan fingerprint density at radius 3 is 3.05 bits per heavy atom. The van der Waals surface area contributed by atoms with Crippen molar-refractivity contribution < 1.29 is 4.79 Å². The van der Waals surface area contributed by atoms with Crippen molar-refractivity contribution in [2.24, 2.45) is 0 Å². The van der Waals surface area contributed by atoms with E-state index < -0.39 is 0 Å². The molecule has 1 unspecified atom stereocenters. The number of aromatic nitrogens is 1. The zero-order valence-corrected chi connectivity index (χ0v) is 13.9. The molecule has 2 rings (SSSR count). The third-order valence-corrected chi connectivity index (χ3v) is 5.46. The van der Waals surface area contributed by atoms with Gasteiger partial charge in [-0.3, -0.25) is 4.79 Å². The molecule has 1 aliphatic heterocycles. The Labute approximate surface area is 127 Å². The van der Waals surface area contributed by atoms with Gasteiger partial charge in [0.15, 0.2) is 0 Å². The fourth-order valence-corrected chi connectivity index (χ4v) is 4.13. The summed E-state index contributed by atoms with van der Waals surface area (Å²) in [4.78, 5) is 12.3. The van der Waals surface area contributed by atoms with E-state index in [-0.39, 0.29) is 10.7 Å². The summed E-state index contributed by atoms with van der Waals surface area (Å²) in [5.74, 6) is 1.25. The quantitative estimate of drug-likeness (QED) is 0.883. The molecule has 19 heavy (non-hydrogen) atoms. The first-order valence-corrected chi connectivity index (χ1v) is 8.60. The van der Waals surface area contributed by atoms with Gasteiger partial charge in [0.2, 0.25) is 0 Å². The lowest BCUT2D eigenvalue weighted by Crippen LogP contribution is -2.37. The molecule has 3 nitrogen and oxygen atoms in total. The maximum Gasteiger partial charge on any atom is 0.267 e. The van der Waals surface area contributed by atoms with Crippen molar-refractivity contribution in [3.05, 3.63) is 22.4 Å². The van der Waals surface area contributed by atoms with Gasteiger partial charge >= 0.3 is 0 Å². The highest BCUT2D eigenvalue weighted by atomic mass is 79.9. The third kappa shape index (κ3) is 3.78. The van der Waals surface area contributed by atoms with Crippen molar-refractivity contribution in [1.82, 2.24) is 9.88 Å². The van der Waals surface area contributed by atoms with E-state index in [1.54, 1.807) is 0 Å². The highest BCUT2D eigenvalue weighted by Gasteiger charge is 2.30. The summed E-state index contributed by atoms with van der Waals surface area (Å²) in [5.41, 5.74) is 0.750. The van der Waals surface area contributed by atoms with E-state index >= 15 is 0 Å². The molecule has 5 heteroatoms. The summed E-state index contributed by atoms with van der Waals surface area (Å²) in [6.45, 7) is 5.99. The number of aryl methyl sites for hydroxylation is 1. The molecule has 1 N–H and O–H groups in total. The first kappa shape index (κ1) is 15.0. The molecule has 106 valence electrons. The van der Waals surface area contributed by atoms with Gasteiger partial charge in [0.05, 0.1) is 0 Å². The second-order valence-electron chi connectivity index (χ2n) is 5.32. The Morgan fingerprint density at radius 1 is 1.63 bits per heavy atom. The number of nitrogens with zero attached hydrogens (tertiary/aromatic N) is 1. The minimum Gasteiger partial charge on any atom is -0.349 e. The van der Waals surface area contributed by atoms with Gasteiger partial charge in [0.1, 0.15) is 5.69 Å². The van der Waals surface area contributed by atoms with Gasteiger partial charge in [-0.25, -0.2) is 0 Å². The highest BCUT2D eigenvalue weighted by molar-refractivity contribution is 9.10. The topological polar surface area (TPSA) is 34.0 Å². The van der Waals surface area contributed by atoms with Crippen LogP contribution in [0.4, 0.5) is 0 Å². The molecule has 0 aromatic carbocycles. The first-order valence-electron chi connectivity index (χ1n) is 6.82. The minimum atomic E-state index is 0.0351. The first-order chi connectivity index (χ1) is 9.04. The third-order valence-electron chi connectivity index (χ3n) is 3.48. The Hall–Kier alpha value is -0.420. The van der Waals surface area contributed by atoms with Gasteiger partial charge in [-0.2, -0.15) is 11.8 Å². The molecule has 0 saturated carbocycles. The van der Waals surface area contributed by atoms with Crippen LogP contribution < -0.4 is 5.32 Å². The predicted octanol–water partition coefficient (Wildman–Crippen LogP) is 3.68. The van der Waals surface area contributed by atoms with Crippen molar-refractivity contribution in [3.8, 4) is 0 Å². The van der Waals surface area contributed by atoms with Crippen LogP contribution in [-0.2, 0) is 6.54 Å². The van der Waals surface area contributed by atoms with Gasteiger partial charge in [0.25, 0.3) is 5.91 Å². The zero-order chi connectivity index (χ0) is 13.9. The average molecular weight is 345 g/mol. The van der Waals surface area contributed by atoms with Gasteiger partial charge < -0.3 is 9.88 Å². The SMILES string of the molecule is CCCn1cc(Br)cc1C(=O)NCC1(C)CCCS1. The number of amides is 1. The average Bonchev–Trinajstić information content (AvgIpc) is 2.94. The van der Waals surface area contributed by atoms with Crippen LogP contribution >= 0.6 is 27.7 Å². The summed E-state index contributed by atoms with van der Waals surface area (Å²) in [7, 11) is 0. The summed E-state index contributed by atoms with van der Waals surface area (Å²) in [5, 5.41) is 3.09. The van der Waals surface area contributed by atoms with Gasteiger partial charge in [-0.05, 0) is 53.9 Å². The maximum absolute atomic E-state index is 12.3. The number of rotatable bonds is 5. The standard InChI is InChI=1S/C14H21BrN2OS/c1-3-6-17-9-11(15)8-12(17)13(18)16-10-14(2)5-4-7-19-14/h8-9H,3-7,10H2,1-2H3,(H,16,18). The summed E-state index contributed by atoms with van der Waals surface area (Å²) >= 11 is 5.42. The number of carbonyl (C=O) groups is 1. The molecule has 1 aromatic rings. The second kappa shape index (κ2) is 6.35. The number of halogens is 1. The smallest absolute Gasteiger partial charge is 0.267 e. The molecule has 1 saturated heterocycles. The molecule has 0 aliphatic carbocycles. The lowest BCUT2D eigenvalue weighted by Gasteiger charge is -2.23. The molecule has 1 amide bonds. The number of hydrogen-bond donors (Lipinski definition) is 1. The number of nitrogens with one attached hydrogen (secondary N) is 1. The van der Waals surface area contributed by atoms with Crippen molar-refractivity contribution >= 4 is 33.6 Å². The van der Waals surface area contributed by atoms with E-state index in [1.807, 2.05) is 28.6 Å². The Bertz CT molecular complexity index is 452. The summed E-state index contributed by atoms with van der Waals surface area (Å²) in [6.07, 6.45) is 5.45. The van der Waals surface area contributed by atoms with Crippen LogP contribution in [0.3, 0.4) is 0 Å². The van der Waals surface area contributed by atoms with E-state index in [1.165, 1.54) is 18.6 Å². The molecule has 0 radical (unpaired) electrons. The van der Waals surface area contributed by atoms with E-state index in [2.05, 4.69) is 35.1 Å². The van der Waals surface area contributed by atoms with Crippen LogP contribution in [0.25, 0.3) is 0 Å². The van der Waals surface area contributed by atoms with E-state index in [0.29, 0.717) is 0 Å². The highest BCUT2D eigenvalue weighted by Crippen LogP contribution is 2.37. The summed E-state index contributed by atoms with van der Waals surface area (Å²) < 4.78 is 3.20. The molecule has 1 aliphatic rings. The van der Waals surface area contributed by atoms with Crippen LogP contribution in [-0.4, -0.2) is 27.5 Å². The Kier molecular flexibility index (Phi) is 5.01. The summed E-state index contributed by atoms with van der Waals surface area (Å²) in [6, 6.07) is 1.90. The Balaban J connectivity index is 1.99. The van der Waals surface area contributed by atoms with Gasteiger partial charge in [-0.1, -0.05) is 6.92 Å². The fourth-order valence-electron chi connectivity index (χ4n) is 2.43. The van der Waals surface area contributed by atoms with Crippen molar-refractivity contribution in [1.29, 1.82) is 0 Å². The lowest BCUT2D eigenvalue weighted by atomic mass is 10.1. The zero-order valence-electron chi connectivity index (χ0n) is 11.5. The molecule has 0 spiro atoms. The molecular formula is C14H21BrN2OS. The molecule has 1 aromatic heterocycles. The molecular weight excluding hydrogens is 324 g/mol. The molecule has 2 heterocycles. The maximum atomic E-state index is 12.3. The van der Waals surface area contributed by atoms with Crippen LogP contribution in [0.5, 0.6) is 0 Å². The van der Waals surface area contributed by atoms with E-state index in [4.69, 9.17) is 0 Å². The number of thioether (sulfide) groups is 1. The number of hydrogen-bond acceptors (Lipinski definition) is 2. The van der Waals surface area contributed by atoms with Crippen molar-refractivity contribution in [2.45, 2.75) is 44.4 Å². The van der Waals surface area contributed by atoms with Gasteiger partial charge in [-0.15, -0.1) is 0 Å². The van der Waals surface area contributed by atoms with Crippen molar-refractivity contribution in [2.75, 3.05) is 12.3 Å². The van der Waals surface area contributed by atoms with Crippen LogP contribution in [0.15, 0.2) is 16.7 Å². The van der Waals surface area contributed by atoms with Crippen LogP contribution in [0, 0.1) is 0 Å². The fraction of sp³-hybridized carbons (Fsp3) is 0.643. The van der Waals surface area contributed by atoms with Crippen LogP contribution in [0.1, 0.15) is 43.6 Å². The minimum absolute atomic E-state index is 0.0351. The monoisotopic (exact) mass is 344 g/mol. The van der Waals surface area contributed by atoms with Crippen LogP contribution in [0.2, 0.25) is 0 Å². The van der Waals surface area contributed by atoms with E-state index in [0.717, 1.165) is 29.7 Å². The predicted molar refractivity (Wildman–Crippen MR) is 84.9 cm³/mol.